The maximum Gasteiger partial charge on any atom is 0.221 e. The zero-order valence-electron chi connectivity index (χ0n) is 15.6. The van der Waals surface area contributed by atoms with Crippen molar-refractivity contribution in [2.24, 2.45) is 0 Å². The number of para-hydroxylation sites is 3. The van der Waals surface area contributed by atoms with Gasteiger partial charge < -0.3 is 16.4 Å². The Kier molecular flexibility index (Phi) is 10.1. The van der Waals surface area contributed by atoms with Gasteiger partial charge in [0.25, 0.3) is 0 Å². The van der Waals surface area contributed by atoms with Gasteiger partial charge in [-0.25, -0.2) is 0 Å². The van der Waals surface area contributed by atoms with E-state index < -0.39 is 0 Å². The molecule has 5 heteroatoms. The molecule has 0 aliphatic heterocycles. The predicted octanol–water partition coefficient (Wildman–Crippen LogP) is 4.56. The van der Waals surface area contributed by atoms with E-state index in [2.05, 4.69) is 10.6 Å². The molecule has 0 atom stereocenters. The van der Waals surface area contributed by atoms with E-state index in [-0.39, 0.29) is 11.8 Å². The van der Waals surface area contributed by atoms with Crippen molar-refractivity contribution >= 4 is 28.9 Å². The van der Waals surface area contributed by atoms with E-state index in [0.717, 1.165) is 17.1 Å². The normalized spacial score (nSPS) is 8.81. The lowest BCUT2D eigenvalue weighted by Gasteiger charge is -1.98. The van der Waals surface area contributed by atoms with Crippen LogP contribution in [-0.4, -0.2) is 11.8 Å². The number of rotatable bonds is 2. The number of benzene rings is 3. The molecule has 0 aliphatic rings. The van der Waals surface area contributed by atoms with Crippen molar-refractivity contribution in [3.8, 4) is 0 Å². The maximum absolute atomic E-state index is 10.5. The average Bonchev–Trinajstić information content (AvgIpc) is 2.64. The Balaban J connectivity index is 0.000000206. The molecule has 3 aromatic rings. The lowest BCUT2D eigenvalue weighted by atomic mass is 10.3. The smallest absolute Gasteiger partial charge is 0.221 e. The van der Waals surface area contributed by atoms with Crippen LogP contribution in [0.15, 0.2) is 91.0 Å². The van der Waals surface area contributed by atoms with Gasteiger partial charge in [0.2, 0.25) is 11.8 Å². The highest BCUT2D eigenvalue weighted by molar-refractivity contribution is 5.88. The Morgan fingerprint density at radius 3 is 1.11 bits per heavy atom. The van der Waals surface area contributed by atoms with Crippen molar-refractivity contribution < 1.29 is 9.59 Å². The first kappa shape index (κ1) is 21.4. The van der Waals surface area contributed by atoms with Crippen LogP contribution in [-0.2, 0) is 9.59 Å². The molecule has 140 valence electrons. The summed E-state index contributed by atoms with van der Waals surface area (Å²) in [5.41, 5.74) is 7.86. The van der Waals surface area contributed by atoms with Gasteiger partial charge in [0.1, 0.15) is 0 Å². The zero-order valence-corrected chi connectivity index (χ0v) is 15.6. The molecule has 5 nitrogen and oxygen atoms in total. The number of hydrogen-bond donors (Lipinski definition) is 3. The summed E-state index contributed by atoms with van der Waals surface area (Å²) in [5, 5.41) is 5.33. The zero-order chi connectivity index (χ0) is 19.9. The summed E-state index contributed by atoms with van der Waals surface area (Å²) in [5.74, 6) is -0.0719. The molecular formula is C22H25N3O2. The molecule has 0 spiro atoms. The van der Waals surface area contributed by atoms with Crippen LogP contribution in [0.25, 0.3) is 0 Å². The Bertz CT molecular complexity index is 740. The molecule has 0 radical (unpaired) electrons. The summed E-state index contributed by atoms with van der Waals surface area (Å²) in [6.07, 6.45) is 0. The van der Waals surface area contributed by atoms with Gasteiger partial charge in [0.05, 0.1) is 0 Å². The first-order chi connectivity index (χ1) is 13.0. The van der Waals surface area contributed by atoms with Crippen LogP contribution in [0.3, 0.4) is 0 Å². The van der Waals surface area contributed by atoms with Crippen LogP contribution in [0.2, 0.25) is 0 Å². The summed E-state index contributed by atoms with van der Waals surface area (Å²) in [6, 6.07) is 28.2. The van der Waals surface area contributed by atoms with Gasteiger partial charge in [-0.2, -0.15) is 0 Å². The monoisotopic (exact) mass is 363 g/mol. The molecule has 0 aromatic heterocycles. The third kappa shape index (κ3) is 11.6. The van der Waals surface area contributed by atoms with Crippen molar-refractivity contribution in [1.29, 1.82) is 0 Å². The van der Waals surface area contributed by atoms with Crippen LogP contribution < -0.4 is 16.4 Å². The second-order valence-electron chi connectivity index (χ2n) is 5.51. The molecule has 0 heterocycles. The minimum atomic E-state index is -0.0359. The standard InChI is InChI=1S/2C8H9NO.C6H7N/c2*1-7(10)9-8-5-3-2-4-6-8;7-6-4-2-1-3-5-6/h2*2-6H,1H3,(H,9,10);1-5H,7H2. The minimum Gasteiger partial charge on any atom is -0.399 e. The van der Waals surface area contributed by atoms with E-state index in [4.69, 9.17) is 5.73 Å². The van der Waals surface area contributed by atoms with E-state index in [9.17, 15) is 9.59 Å². The Hall–Kier alpha value is -3.60. The number of carbonyl (C=O) groups is 2. The Labute approximate surface area is 160 Å². The fraction of sp³-hybridized carbons (Fsp3) is 0.0909. The van der Waals surface area contributed by atoms with Gasteiger partial charge in [0, 0.05) is 30.9 Å². The number of nitrogen functional groups attached to an aromatic ring is 1. The van der Waals surface area contributed by atoms with Crippen molar-refractivity contribution in [3.63, 3.8) is 0 Å². The fourth-order valence-corrected chi connectivity index (χ4v) is 1.90. The molecule has 3 rings (SSSR count). The van der Waals surface area contributed by atoms with Gasteiger partial charge in [0.15, 0.2) is 0 Å². The van der Waals surface area contributed by atoms with Gasteiger partial charge in [-0.15, -0.1) is 0 Å². The van der Waals surface area contributed by atoms with Crippen LogP contribution in [0, 0.1) is 0 Å². The Morgan fingerprint density at radius 1 is 0.593 bits per heavy atom. The van der Waals surface area contributed by atoms with Crippen molar-refractivity contribution in [1.82, 2.24) is 0 Å². The van der Waals surface area contributed by atoms with E-state index in [1.807, 2.05) is 91.0 Å². The fourth-order valence-electron chi connectivity index (χ4n) is 1.90. The summed E-state index contributed by atoms with van der Waals surface area (Å²) in [6.45, 7) is 2.99. The second-order valence-corrected chi connectivity index (χ2v) is 5.51. The highest BCUT2D eigenvalue weighted by Gasteiger charge is 1.90. The molecular weight excluding hydrogens is 338 g/mol. The second kappa shape index (κ2) is 12.7. The van der Waals surface area contributed by atoms with Crippen molar-refractivity contribution in [2.45, 2.75) is 13.8 Å². The molecule has 0 saturated carbocycles. The molecule has 0 saturated heterocycles. The third-order valence-electron chi connectivity index (χ3n) is 2.99. The van der Waals surface area contributed by atoms with Crippen LogP contribution in [0.5, 0.6) is 0 Å². The first-order valence-corrected chi connectivity index (χ1v) is 8.43. The van der Waals surface area contributed by atoms with Gasteiger partial charge >= 0.3 is 0 Å². The summed E-state index contributed by atoms with van der Waals surface area (Å²) in [7, 11) is 0. The van der Waals surface area contributed by atoms with E-state index in [0.29, 0.717) is 0 Å². The topological polar surface area (TPSA) is 84.2 Å². The van der Waals surface area contributed by atoms with E-state index in [1.54, 1.807) is 0 Å². The van der Waals surface area contributed by atoms with Crippen molar-refractivity contribution in [3.05, 3.63) is 91.0 Å². The van der Waals surface area contributed by atoms with Crippen LogP contribution >= 0.6 is 0 Å². The van der Waals surface area contributed by atoms with Crippen LogP contribution in [0.4, 0.5) is 17.1 Å². The molecule has 4 N–H and O–H groups in total. The van der Waals surface area contributed by atoms with Gasteiger partial charge in [-0.05, 0) is 36.4 Å². The molecule has 27 heavy (non-hydrogen) atoms. The number of nitrogens with one attached hydrogen (secondary N) is 2. The average molecular weight is 363 g/mol. The predicted molar refractivity (Wildman–Crippen MR) is 112 cm³/mol. The molecule has 2 amide bonds. The molecule has 3 aromatic carbocycles. The largest absolute Gasteiger partial charge is 0.399 e. The van der Waals surface area contributed by atoms with Crippen LogP contribution in [0.1, 0.15) is 13.8 Å². The van der Waals surface area contributed by atoms with E-state index >= 15 is 0 Å². The van der Waals surface area contributed by atoms with Gasteiger partial charge in [-0.3, -0.25) is 9.59 Å². The lowest BCUT2D eigenvalue weighted by molar-refractivity contribution is -0.115. The molecule has 0 fully saturated rings. The molecule has 0 aliphatic carbocycles. The summed E-state index contributed by atoms with van der Waals surface area (Å²) < 4.78 is 0. The van der Waals surface area contributed by atoms with Gasteiger partial charge in [-0.1, -0.05) is 54.6 Å². The first-order valence-electron chi connectivity index (χ1n) is 8.43. The lowest BCUT2D eigenvalue weighted by Crippen LogP contribution is -2.04. The highest BCUT2D eigenvalue weighted by Crippen LogP contribution is 2.04. The Morgan fingerprint density at radius 2 is 0.889 bits per heavy atom. The molecule has 0 unspecified atom stereocenters. The quantitative estimate of drug-likeness (QED) is 0.584. The number of hydrogen-bond acceptors (Lipinski definition) is 3. The third-order valence-corrected chi connectivity index (χ3v) is 2.99. The SMILES string of the molecule is CC(=O)Nc1ccccc1.CC(=O)Nc1ccccc1.Nc1ccccc1. The van der Waals surface area contributed by atoms with E-state index in [1.165, 1.54) is 13.8 Å². The van der Waals surface area contributed by atoms with Crippen molar-refractivity contribution in [2.75, 3.05) is 16.4 Å². The number of anilines is 3. The summed E-state index contributed by atoms with van der Waals surface area (Å²) in [4.78, 5) is 21.0. The highest BCUT2D eigenvalue weighted by atomic mass is 16.2. The number of nitrogens with two attached hydrogens (primary N) is 1. The minimum absolute atomic E-state index is 0.0359. The number of amides is 2. The summed E-state index contributed by atoms with van der Waals surface area (Å²) >= 11 is 0. The number of carbonyl (C=O) groups excluding carboxylic acids is 2. The molecule has 0 bridgehead atoms. The maximum atomic E-state index is 10.5.